The van der Waals surface area contributed by atoms with Crippen molar-refractivity contribution in [3.8, 4) is 0 Å². The summed E-state index contributed by atoms with van der Waals surface area (Å²) >= 11 is 0. The molecular weight excluding hydrogens is 270 g/mol. The summed E-state index contributed by atoms with van der Waals surface area (Å²) in [6.07, 6.45) is 0.451. The Bertz CT molecular complexity index is 426. The summed E-state index contributed by atoms with van der Waals surface area (Å²) in [6.45, 7) is 4.95. The second kappa shape index (κ2) is 5.66. The van der Waals surface area contributed by atoms with E-state index in [0.717, 1.165) is 0 Å². The molecule has 6 nitrogen and oxygen atoms in total. The van der Waals surface area contributed by atoms with Crippen LogP contribution in [0.4, 0.5) is 4.79 Å². The third kappa shape index (κ3) is 5.36. The van der Waals surface area contributed by atoms with Crippen LogP contribution < -0.4 is 5.32 Å². The van der Waals surface area contributed by atoms with Crippen molar-refractivity contribution < 1.29 is 23.1 Å². The number of hydrogen-bond acceptors (Lipinski definition) is 5. The summed E-state index contributed by atoms with van der Waals surface area (Å²) in [5.74, 6) is 0.0775. The van der Waals surface area contributed by atoms with E-state index in [9.17, 15) is 18.3 Å². The fourth-order valence-corrected chi connectivity index (χ4v) is 3.54. The Hall–Kier alpha value is -0.820. The average Bonchev–Trinajstić information content (AvgIpc) is 2.36. The molecule has 2 N–H and O–H groups in total. The molecule has 0 aromatic heterocycles. The number of rotatable bonds is 2. The maximum absolute atomic E-state index is 11.8. The predicted octanol–water partition coefficient (Wildman–Crippen LogP) is 0.841. The quantitative estimate of drug-likeness (QED) is 0.787. The summed E-state index contributed by atoms with van der Waals surface area (Å²) in [7, 11) is -3.07. The number of ether oxygens (including phenoxy) is 1. The number of aliphatic hydroxyl groups is 1. The molecule has 1 unspecified atom stereocenters. The molecule has 1 amide bonds. The van der Waals surface area contributed by atoms with E-state index >= 15 is 0 Å². The first-order valence-corrected chi connectivity index (χ1v) is 8.22. The van der Waals surface area contributed by atoms with Crippen molar-refractivity contribution in [1.29, 1.82) is 0 Å². The number of aliphatic hydroxyl groups excluding tert-OH is 1. The summed E-state index contributed by atoms with van der Waals surface area (Å²) in [5, 5.41) is 12.2. The normalized spacial score (nSPS) is 27.4. The zero-order valence-corrected chi connectivity index (χ0v) is 12.5. The molecule has 0 aromatic rings. The van der Waals surface area contributed by atoms with Gasteiger partial charge in [0.1, 0.15) is 15.4 Å². The van der Waals surface area contributed by atoms with Crippen molar-refractivity contribution in [2.75, 3.05) is 18.1 Å². The van der Waals surface area contributed by atoms with Crippen molar-refractivity contribution >= 4 is 15.9 Å². The van der Waals surface area contributed by atoms with Gasteiger partial charge in [-0.25, -0.2) is 13.2 Å². The van der Waals surface area contributed by atoms with Crippen LogP contribution in [0.3, 0.4) is 0 Å². The minimum absolute atomic E-state index is 0.0244. The Morgan fingerprint density at radius 1 is 1.32 bits per heavy atom. The second-order valence-corrected chi connectivity index (χ2v) is 8.37. The van der Waals surface area contributed by atoms with E-state index in [-0.39, 0.29) is 24.5 Å². The van der Waals surface area contributed by atoms with E-state index in [0.29, 0.717) is 12.8 Å². The largest absolute Gasteiger partial charge is 0.444 e. The van der Waals surface area contributed by atoms with Crippen molar-refractivity contribution in [3.05, 3.63) is 0 Å². The standard InChI is InChI=1S/C12H23NO5S/c1-11(2,3)18-10(15)13-12(9-14)5-4-7-19(16,17)8-6-12/h14H,4-9H2,1-3H3,(H,13,15). The lowest BCUT2D eigenvalue weighted by Gasteiger charge is -2.32. The molecule has 0 aromatic carbocycles. The van der Waals surface area contributed by atoms with Gasteiger partial charge in [0.15, 0.2) is 0 Å². The predicted molar refractivity (Wildman–Crippen MR) is 71.7 cm³/mol. The number of carbonyl (C=O) groups excluding carboxylic acids is 1. The van der Waals surface area contributed by atoms with E-state index in [2.05, 4.69) is 5.32 Å². The van der Waals surface area contributed by atoms with Crippen LogP contribution in [0, 0.1) is 0 Å². The monoisotopic (exact) mass is 293 g/mol. The third-order valence-electron chi connectivity index (χ3n) is 3.07. The highest BCUT2D eigenvalue weighted by Crippen LogP contribution is 2.24. The molecule has 0 bridgehead atoms. The summed E-state index contributed by atoms with van der Waals surface area (Å²) in [6, 6.07) is 0. The van der Waals surface area contributed by atoms with Gasteiger partial charge in [-0.1, -0.05) is 0 Å². The number of nitrogens with one attached hydrogen (secondary N) is 1. The fourth-order valence-electron chi connectivity index (χ4n) is 2.05. The molecule has 1 fully saturated rings. The minimum Gasteiger partial charge on any atom is -0.444 e. The van der Waals surface area contributed by atoms with Crippen LogP contribution in [-0.2, 0) is 14.6 Å². The molecule has 1 aliphatic heterocycles. The van der Waals surface area contributed by atoms with Crippen LogP contribution in [0.15, 0.2) is 0 Å². The zero-order valence-electron chi connectivity index (χ0n) is 11.7. The van der Waals surface area contributed by atoms with E-state index in [1.807, 2.05) is 0 Å². The average molecular weight is 293 g/mol. The first-order valence-electron chi connectivity index (χ1n) is 6.40. The number of hydrogen-bond donors (Lipinski definition) is 2. The van der Waals surface area contributed by atoms with Crippen LogP contribution >= 0.6 is 0 Å². The Balaban J connectivity index is 2.73. The molecule has 0 radical (unpaired) electrons. The van der Waals surface area contributed by atoms with Gasteiger partial charge in [-0.2, -0.15) is 0 Å². The van der Waals surface area contributed by atoms with Gasteiger partial charge in [-0.3, -0.25) is 0 Å². The smallest absolute Gasteiger partial charge is 0.408 e. The van der Waals surface area contributed by atoms with Gasteiger partial charge in [0.2, 0.25) is 0 Å². The molecule has 1 atom stereocenters. The minimum atomic E-state index is -3.07. The molecular formula is C12H23NO5S. The molecule has 1 heterocycles. The summed E-state index contributed by atoms with van der Waals surface area (Å²) < 4.78 is 28.3. The first-order chi connectivity index (χ1) is 8.58. The zero-order chi connectivity index (χ0) is 14.7. The van der Waals surface area contributed by atoms with Crippen molar-refractivity contribution in [2.45, 2.75) is 51.2 Å². The topological polar surface area (TPSA) is 92.7 Å². The Kier molecular flexibility index (Phi) is 4.84. The van der Waals surface area contributed by atoms with Gasteiger partial charge in [0.25, 0.3) is 0 Å². The van der Waals surface area contributed by atoms with Crippen LogP contribution in [0.5, 0.6) is 0 Å². The molecule has 1 rings (SSSR count). The number of sulfone groups is 1. The fraction of sp³-hybridized carbons (Fsp3) is 0.917. The summed E-state index contributed by atoms with van der Waals surface area (Å²) in [4.78, 5) is 11.8. The van der Waals surface area contributed by atoms with Gasteiger partial charge < -0.3 is 15.2 Å². The highest BCUT2D eigenvalue weighted by molar-refractivity contribution is 7.91. The van der Waals surface area contributed by atoms with E-state index in [4.69, 9.17) is 4.74 Å². The molecule has 112 valence electrons. The molecule has 0 spiro atoms. The van der Waals surface area contributed by atoms with Crippen LogP contribution in [0.1, 0.15) is 40.0 Å². The lowest BCUT2D eigenvalue weighted by atomic mass is 9.92. The van der Waals surface area contributed by atoms with Gasteiger partial charge in [-0.15, -0.1) is 0 Å². The first kappa shape index (κ1) is 16.2. The van der Waals surface area contributed by atoms with Gasteiger partial charge in [-0.05, 0) is 40.0 Å². The maximum Gasteiger partial charge on any atom is 0.408 e. The number of carbonyl (C=O) groups is 1. The van der Waals surface area contributed by atoms with Gasteiger partial charge in [0.05, 0.1) is 23.7 Å². The van der Waals surface area contributed by atoms with E-state index in [1.165, 1.54) is 0 Å². The number of amides is 1. The Labute approximate surface area is 114 Å². The van der Waals surface area contributed by atoms with Crippen molar-refractivity contribution in [2.24, 2.45) is 0 Å². The van der Waals surface area contributed by atoms with Crippen LogP contribution in [0.25, 0.3) is 0 Å². The molecule has 0 aliphatic carbocycles. The van der Waals surface area contributed by atoms with Crippen LogP contribution in [-0.4, -0.2) is 48.9 Å². The summed E-state index contributed by atoms with van der Waals surface area (Å²) in [5.41, 5.74) is -1.52. The van der Waals surface area contributed by atoms with Crippen LogP contribution in [0.2, 0.25) is 0 Å². The molecule has 1 saturated heterocycles. The lowest BCUT2D eigenvalue weighted by Crippen LogP contribution is -2.53. The highest BCUT2D eigenvalue weighted by atomic mass is 32.2. The van der Waals surface area contributed by atoms with Crippen molar-refractivity contribution in [3.63, 3.8) is 0 Å². The molecule has 1 aliphatic rings. The lowest BCUT2D eigenvalue weighted by molar-refractivity contribution is 0.0382. The molecule has 19 heavy (non-hydrogen) atoms. The highest BCUT2D eigenvalue weighted by Gasteiger charge is 2.36. The second-order valence-electron chi connectivity index (χ2n) is 6.07. The van der Waals surface area contributed by atoms with E-state index < -0.39 is 27.1 Å². The van der Waals surface area contributed by atoms with E-state index in [1.54, 1.807) is 20.8 Å². The maximum atomic E-state index is 11.8. The van der Waals surface area contributed by atoms with Crippen molar-refractivity contribution in [1.82, 2.24) is 5.32 Å². The Morgan fingerprint density at radius 3 is 2.47 bits per heavy atom. The van der Waals surface area contributed by atoms with Gasteiger partial charge >= 0.3 is 6.09 Å². The SMILES string of the molecule is CC(C)(C)OC(=O)NC1(CO)CCCS(=O)(=O)CC1. The molecule has 7 heteroatoms. The van der Waals surface area contributed by atoms with Gasteiger partial charge in [0, 0.05) is 0 Å². The Morgan fingerprint density at radius 2 is 1.95 bits per heavy atom. The third-order valence-corrected chi connectivity index (χ3v) is 4.81. The number of alkyl carbamates (subject to hydrolysis) is 1. The molecule has 0 saturated carbocycles.